The van der Waals surface area contributed by atoms with E-state index in [-0.39, 0.29) is 5.25 Å². The van der Waals surface area contributed by atoms with E-state index in [1.165, 1.54) is 0 Å². The molecule has 0 aromatic heterocycles. The second kappa shape index (κ2) is 4.54. The summed E-state index contributed by atoms with van der Waals surface area (Å²) < 4.78 is 0. The molecular formula is C5H12N2O2S. The van der Waals surface area contributed by atoms with Gasteiger partial charge in [-0.05, 0) is 6.42 Å². The quantitative estimate of drug-likeness (QED) is 0.403. The SMILES string of the molecule is NCC(S)C[C@H](N)C(=O)O. The van der Waals surface area contributed by atoms with E-state index in [0.29, 0.717) is 13.0 Å². The van der Waals surface area contributed by atoms with E-state index in [9.17, 15) is 4.79 Å². The van der Waals surface area contributed by atoms with Gasteiger partial charge in [-0.2, -0.15) is 12.6 Å². The van der Waals surface area contributed by atoms with Crippen molar-refractivity contribution in [2.45, 2.75) is 17.7 Å². The molecule has 0 saturated heterocycles. The van der Waals surface area contributed by atoms with E-state index in [1.54, 1.807) is 0 Å². The first kappa shape index (κ1) is 9.74. The van der Waals surface area contributed by atoms with Crippen molar-refractivity contribution in [1.29, 1.82) is 0 Å². The molecule has 0 saturated carbocycles. The van der Waals surface area contributed by atoms with Crippen LogP contribution in [0.4, 0.5) is 0 Å². The number of carboxylic acids is 1. The zero-order valence-electron chi connectivity index (χ0n) is 5.53. The molecule has 0 radical (unpaired) electrons. The number of nitrogens with two attached hydrogens (primary N) is 2. The smallest absolute Gasteiger partial charge is 0.320 e. The van der Waals surface area contributed by atoms with Gasteiger partial charge >= 0.3 is 5.97 Å². The Balaban J connectivity index is 3.56. The Bertz CT molecular complexity index is 120. The van der Waals surface area contributed by atoms with Crippen LogP contribution in [0.2, 0.25) is 0 Å². The summed E-state index contributed by atoms with van der Waals surface area (Å²) in [6, 6.07) is -0.842. The monoisotopic (exact) mass is 164 g/mol. The van der Waals surface area contributed by atoms with Crippen LogP contribution in [0.5, 0.6) is 0 Å². The minimum absolute atomic E-state index is 0.119. The van der Waals surface area contributed by atoms with E-state index in [1.807, 2.05) is 0 Å². The number of rotatable bonds is 4. The Morgan fingerprint density at radius 2 is 2.20 bits per heavy atom. The number of hydrogen-bond acceptors (Lipinski definition) is 4. The molecule has 2 atom stereocenters. The van der Waals surface area contributed by atoms with Gasteiger partial charge in [0.05, 0.1) is 0 Å². The highest BCUT2D eigenvalue weighted by Gasteiger charge is 2.14. The van der Waals surface area contributed by atoms with E-state index < -0.39 is 12.0 Å². The molecule has 0 spiro atoms. The first-order valence-corrected chi connectivity index (χ1v) is 3.46. The van der Waals surface area contributed by atoms with E-state index in [2.05, 4.69) is 12.6 Å². The van der Waals surface area contributed by atoms with Crippen LogP contribution >= 0.6 is 12.6 Å². The third-order valence-corrected chi connectivity index (χ3v) is 1.54. The summed E-state index contributed by atoms with van der Waals surface area (Å²) in [7, 11) is 0. The summed E-state index contributed by atoms with van der Waals surface area (Å²) in [6.07, 6.45) is 0.314. The van der Waals surface area contributed by atoms with Gasteiger partial charge in [0.1, 0.15) is 6.04 Å². The van der Waals surface area contributed by atoms with Crippen molar-refractivity contribution in [3.05, 3.63) is 0 Å². The fourth-order valence-corrected chi connectivity index (χ4v) is 0.717. The van der Waals surface area contributed by atoms with Crippen molar-refractivity contribution >= 4 is 18.6 Å². The molecule has 10 heavy (non-hydrogen) atoms. The van der Waals surface area contributed by atoms with Crippen molar-refractivity contribution in [3.8, 4) is 0 Å². The van der Waals surface area contributed by atoms with Crippen LogP contribution in [-0.4, -0.2) is 28.9 Å². The summed E-state index contributed by atoms with van der Waals surface area (Å²) >= 11 is 4.00. The van der Waals surface area contributed by atoms with Crippen LogP contribution in [-0.2, 0) is 4.79 Å². The molecular weight excluding hydrogens is 152 g/mol. The van der Waals surface area contributed by atoms with Gasteiger partial charge in [0.15, 0.2) is 0 Å². The Hall–Kier alpha value is -0.260. The van der Waals surface area contributed by atoms with E-state index in [0.717, 1.165) is 0 Å². The maximum atomic E-state index is 10.2. The van der Waals surface area contributed by atoms with Gasteiger partial charge in [0.25, 0.3) is 0 Å². The summed E-state index contributed by atoms with van der Waals surface area (Å²) in [5.41, 5.74) is 10.4. The first-order valence-electron chi connectivity index (χ1n) is 2.94. The molecule has 0 aromatic rings. The zero-order chi connectivity index (χ0) is 8.15. The number of carbonyl (C=O) groups is 1. The van der Waals surface area contributed by atoms with Crippen molar-refractivity contribution in [2.75, 3.05) is 6.54 Å². The third kappa shape index (κ3) is 3.71. The molecule has 5 N–H and O–H groups in total. The maximum absolute atomic E-state index is 10.2. The average Bonchev–Trinajstić information content (AvgIpc) is 1.87. The number of carboxylic acid groups (broad SMARTS) is 1. The van der Waals surface area contributed by atoms with Gasteiger partial charge in [-0.25, -0.2) is 0 Å². The van der Waals surface area contributed by atoms with Crippen LogP contribution in [0.25, 0.3) is 0 Å². The highest BCUT2D eigenvalue weighted by molar-refractivity contribution is 7.81. The normalized spacial score (nSPS) is 16.3. The van der Waals surface area contributed by atoms with Crippen molar-refractivity contribution < 1.29 is 9.90 Å². The predicted molar refractivity (Wildman–Crippen MR) is 42.1 cm³/mol. The number of aliphatic carboxylic acids is 1. The summed E-state index contributed by atoms with van der Waals surface area (Å²) in [6.45, 7) is 0.351. The van der Waals surface area contributed by atoms with Crippen molar-refractivity contribution in [2.24, 2.45) is 11.5 Å². The van der Waals surface area contributed by atoms with Crippen LogP contribution in [0.3, 0.4) is 0 Å². The zero-order valence-corrected chi connectivity index (χ0v) is 6.42. The minimum atomic E-state index is -1.01. The number of thiol groups is 1. The van der Waals surface area contributed by atoms with Gasteiger partial charge in [0, 0.05) is 11.8 Å². The van der Waals surface area contributed by atoms with Gasteiger partial charge in [-0.3, -0.25) is 4.79 Å². The molecule has 0 aromatic carbocycles. The fourth-order valence-electron chi connectivity index (χ4n) is 0.490. The highest BCUT2D eigenvalue weighted by Crippen LogP contribution is 2.01. The second-order valence-corrected chi connectivity index (χ2v) is 2.80. The van der Waals surface area contributed by atoms with Crippen molar-refractivity contribution in [1.82, 2.24) is 0 Å². The molecule has 0 bridgehead atoms. The molecule has 0 aliphatic heterocycles. The summed E-state index contributed by atoms with van der Waals surface area (Å²) in [5, 5.41) is 8.21. The Labute approximate surface area is 65.0 Å². The number of hydrogen-bond donors (Lipinski definition) is 4. The van der Waals surface area contributed by atoms with E-state index in [4.69, 9.17) is 16.6 Å². The third-order valence-electron chi connectivity index (χ3n) is 1.12. The van der Waals surface area contributed by atoms with Crippen molar-refractivity contribution in [3.63, 3.8) is 0 Å². The maximum Gasteiger partial charge on any atom is 0.320 e. The van der Waals surface area contributed by atoms with Crippen LogP contribution in [0, 0.1) is 0 Å². The second-order valence-electron chi connectivity index (χ2n) is 2.07. The van der Waals surface area contributed by atoms with Crippen LogP contribution in [0.15, 0.2) is 0 Å². The summed E-state index contributed by atoms with van der Waals surface area (Å²) in [4.78, 5) is 10.2. The van der Waals surface area contributed by atoms with E-state index >= 15 is 0 Å². The molecule has 60 valence electrons. The largest absolute Gasteiger partial charge is 0.480 e. The van der Waals surface area contributed by atoms with Crippen LogP contribution in [0.1, 0.15) is 6.42 Å². The minimum Gasteiger partial charge on any atom is -0.480 e. The average molecular weight is 164 g/mol. The van der Waals surface area contributed by atoms with Gasteiger partial charge in [0.2, 0.25) is 0 Å². The van der Waals surface area contributed by atoms with Crippen LogP contribution < -0.4 is 11.5 Å². The molecule has 1 unspecified atom stereocenters. The standard InChI is InChI=1S/C5H12N2O2S/c6-2-3(10)1-4(7)5(8)9/h3-4,10H,1-2,6-7H2,(H,8,9)/t3?,4-/m0/s1. The predicted octanol–water partition coefficient (Wildman–Crippen LogP) is -0.955. The highest BCUT2D eigenvalue weighted by atomic mass is 32.1. The first-order chi connectivity index (χ1) is 4.57. The Morgan fingerprint density at radius 3 is 2.50 bits per heavy atom. The lowest BCUT2D eigenvalue weighted by atomic mass is 10.2. The topological polar surface area (TPSA) is 89.3 Å². The van der Waals surface area contributed by atoms with Gasteiger partial charge < -0.3 is 16.6 Å². The molecule has 4 nitrogen and oxygen atoms in total. The lowest BCUT2D eigenvalue weighted by Gasteiger charge is -2.09. The van der Waals surface area contributed by atoms with Gasteiger partial charge in [-0.1, -0.05) is 0 Å². The van der Waals surface area contributed by atoms with Gasteiger partial charge in [-0.15, -0.1) is 0 Å². The Kier molecular flexibility index (Phi) is 4.42. The molecule has 0 aliphatic carbocycles. The Morgan fingerprint density at radius 1 is 1.70 bits per heavy atom. The molecule has 0 fully saturated rings. The summed E-state index contributed by atoms with van der Waals surface area (Å²) in [5.74, 6) is -1.01. The lowest BCUT2D eigenvalue weighted by molar-refractivity contribution is -0.138. The molecule has 0 aliphatic rings. The fraction of sp³-hybridized carbons (Fsp3) is 0.800. The molecule has 0 heterocycles. The molecule has 5 heteroatoms. The molecule has 0 rings (SSSR count). The molecule has 0 amide bonds. The lowest BCUT2D eigenvalue weighted by Crippen LogP contribution is -2.34.